The number of esters is 1. The first-order chi connectivity index (χ1) is 11.0. The van der Waals surface area contributed by atoms with E-state index < -0.39 is 5.97 Å². The van der Waals surface area contributed by atoms with Crippen molar-refractivity contribution in [2.75, 3.05) is 11.9 Å². The number of nitrogens with one attached hydrogen (secondary N) is 2. The molecule has 2 rings (SSSR count). The lowest BCUT2D eigenvalue weighted by molar-refractivity contribution is -0.124. The van der Waals surface area contributed by atoms with E-state index in [0.717, 1.165) is 37.0 Å². The molecule has 0 atom stereocenters. The lowest BCUT2D eigenvalue weighted by Gasteiger charge is -2.20. The predicted molar refractivity (Wildman–Crippen MR) is 93.7 cm³/mol. The summed E-state index contributed by atoms with van der Waals surface area (Å²) >= 11 is 6.32. The quantitative estimate of drug-likeness (QED) is 0.638. The average Bonchev–Trinajstić information content (AvgIpc) is 2.88. The van der Waals surface area contributed by atoms with Gasteiger partial charge in [-0.1, -0.05) is 30.6 Å². The zero-order valence-electron chi connectivity index (χ0n) is 13.3. The van der Waals surface area contributed by atoms with Crippen LogP contribution in [0.4, 0.5) is 5.13 Å². The van der Waals surface area contributed by atoms with Crippen LogP contribution < -0.4 is 10.6 Å². The Balaban J connectivity index is 1.91. The lowest BCUT2D eigenvalue weighted by Crippen LogP contribution is -2.38. The van der Waals surface area contributed by atoms with Gasteiger partial charge in [0.05, 0.1) is 12.3 Å². The van der Waals surface area contributed by atoms with E-state index in [-0.39, 0.29) is 16.9 Å². The first kappa shape index (κ1) is 17.8. The fourth-order valence-electron chi connectivity index (χ4n) is 2.54. The molecule has 0 spiro atoms. The number of hydrogen-bond acceptors (Lipinski definition) is 6. The molecule has 6 nitrogen and oxygen atoms in total. The normalized spacial score (nSPS) is 15.0. The number of rotatable bonds is 4. The Morgan fingerprint density at radius 2 is 2.04 bits per heavy atom. The van der Waals surface area contributed by atoms with Crippen LogP contribution in [-0.4, -0.2) is 28.6 Å². The van der Waals surface area contributed by atoms with Crippen molar-refractivity contribution in [1.82, 2.24) is 10.3 Å². The summed E-state index contributed by atoms with van der Waals surface area (Å²) in [5.74, 6) is -0.398. The summed E-state index contributed by atoms with van der Waals surface area (Å²) in [6.45, 7) is 3.80. The van der Waals surface area contributed by atoms with Crippen molar-refractivity contribution in [1.29, 1.82) is 0 Å². The van der Waals surface area contributed by atoms with Gasteiger partial charge in [-0.05, 0) is 38.9 Å². The van der Waals surface area contributed by atoms with Crippen LogP contribution in [0.1, 0.15) is 54.4 Å². The zero-order valence-corrected chi connectivity index (χ0v) is 14.9. The summed E-state index contributed by atoms with van der Waals surface area (Å²) < 4.78 is 4.97. The van der Waals surface area contributed by atoms with Crippen LogP contribution in [0.5, 0.6) is 0 Å². The van der Waals surface area contributed by atoms with E-state index in [1.54, 1.807) is 13.8 Å². The van der Waals surface area contributed by atoms with Gasteiger partial charge in [0.2, 0.25) is 5.91 Å². The molecule has 126 valence electrons. The van der Waals surface area contributed by atoms with Crippen molar-refractivity contribution in [3.05, 3.63) is 10.6 Å². The number of nitrogens with zero attached hydrogens (tertiary/aromatic N) is 1. The highest BCUT2D eigenvalue weighted by Gasteiger charge is 2.22. The number of amides is 1. The number of ether oxygens (including phenoxy) is 1. The fourth-order valence-corrected chi connectivity index (χ4v) is 3.67. The summed E-state index contributed by atoms with van der Waals surface area (Å²) in [5, 5.41) is 6.27. The van der Waals surface area contributed by atoms with Crippen LogP contribution >= 0.6 is 23.6 Å². The van der Waals surface area contributed by atoms with E-state index in [9.17, 15) is 9.59 Å². The van der Waals surface area contributed by atoms with Crippen molar-refractivity contribution in [2.24, 2.45) is 5.92 Å². The third-order valence-corrected chi connectivity index (χ3v) is 4.95. The summed E-state index contributed by atoms with van der Waals surface area (Å²) in [4.78, 5) is 28.6. The fraction of sp³-hybridized carbons (Fsp3) is 0.600. The Bertz CT molecular complexity index is 595. The van der Waals surface area contributed by atoms with E-state index in [4.69, 9.17) is 17.0 Å². The third kappa shape index (κ3) is 4.97. The number of carbonyl (C=O) groups excluding carboxylic acids is 2. The van der Waals surface area contributed by atoms with E-state index in [0.29, 0.717) is 22.3 Å². The van der Waals surface area contributed by atoms with Gasteiger partial charge >= 0.3 is 5.97 Å². The van der Waals surface area contributed by atoms with Crippen molar-refractivity contribution in [3.63, 3.8) is 0 Å². The Labute approximate surface area is 145 Å². The molecule has 0 bridgehead atoms. The van der Waals surface area contributed by atoms with Crippen LogP contribution in [0.15, 0.2) is 0 Å². The maximum absolute atomic E-state index is 12.1. The summed E-state index contributed by atoms with van der Waals surface area (Å²) in [5.41, 5.74) is 0.581. The first-order valence-electron chi connectivity index (χ1n) is 7.77. The number of aromatic nitrogens is 1. The average molecular weight is 355 g/mol. The molecule has 1 fully saturated rings. The second kappa shape index (κ2) is 8.35. The Hall–Kier alpha value is -1.54. The molecular formula is C15H21N3O3S2. The van der Waals surface area contributed by atoms with Crippen LogP contribution in [0, 0.1) is 12.8 Å². The molecule has 0 saturated heterocycles. The van der Waals surface area contributed by atoms with Gasteiger partial charge in [-0.25, -0.2) is 9.78 Å². The van der Waals surface area contributed by atoms with Gasteiger partial charge < -0.3 is 15.4 Å². The molecule has 0 aromatic carbocycles. The van der Waals surface area contributed by atoms with Gasteiger partial charge in [0, 0.05) is 5.92 Å². The minimum Gasteiger partial charge on any atom is -0.462 e. The standard InChI is InChI=1S/C15H21N3O3S2/c1-3-21-13(20)11-9(2)16-15(23-11)18-14(22)17-12(19)10-7-5-4-6-8-10/h10H,3-8H2,1-2H3,(H2,16,17,18,19,22). The highest BCUT2D eigenvalue weighted by atomic mass is 32.1. The van der Waals surface area contributed by atoms with Gasteiger partial charge in [0.15, 0.2) is 10.2 Å². The molecule has 1 amide bonds. The van der Waals surface area contributed by atoms with E-state index in [2.05, 4.69) is 15.6 Å². The maximum atomic E-state index is 12.1. The third-order valence-electron chi connectivity index (χ3n) is 3.69. The molecule has 23 heavy (non-hydrogen) atoms. The van der Waals surface area contributed by atoms with Gasteiger partial charge in [-0.15, -0.1) is 0 Å². The molecule has 0 aliphatic heterocycles. The van der Waals surface area contributed by atoms with Gasteiger partial charge in [0.1, 0.15) is 4.88 Å². The van der Waals surface area contributed by atoms with Crippen LogP contribution in [0.25, 0.3) is 0 Å². The molecule has 8 heteroatoms. The number of hydrogen-bond donors (Lipinski definition) is 2. The van der Waals surface area contributed by atoms with Crippen molar-refractivity contribution in [2.45, 2.75) is 46.0 Å². The zero-order chi connectivity index (χ0) is 16.8. The number of carbonyl (C=O) groups is 2. The molecule has 1 aliphatic rings. The molecule has 1 aromatic rings. The number of anilines is 1. The van der Waals surface area contributed by atoms with Gasteiger partial charge in [-0.3, -0.25) is 4.79 Å². The molecule has 2 N–H and O–H groups in total. The highest BCUT2D eigenvalue weighted by Crippen LogP contribution is 2.25. The Kier molecular flexibility index (Phi) is 6.47. The van der Waals surface area contributed by atoms with Crippen molar-refractivity contribution < 1.29 is 14.3 Å². The minimum atomic E-state index is -0.396. The number of thiocarbonyl (C=S) groups is 1. The number of thiazole rings is 1. The van der Waals surface area contributed by atoms with Crippen LogP contribution in [0.3, 0.4) is 0 Å². The maximum Gasteiger partial charge on any atom is 0.350 e. The Morgan fingerprint density at radius 3 is 2.70 bits per heavy atom. The molecule has 0 unspecified atom stereocenters. The molecule has 1 heterocycles. The van der Waals surface area contributed by atoms with Crippen LogP contribution in [0.2, 0.25) is 0 Å². The Morgan fingerprint density at radius 1 is 1.35 bits per heavy atom. The molecule has 1 aliphatic carbocycles. The molecule has 1 aromatic heterocycles. The smallest absolute Gasteiger partial charge is 0.350 e. The first-order valence-corrected chi connectivity index (χ1v) is 9.00. The summed E-state index contributed by atoms with van der Waals surface area (Å²) in [6.07, 6.45) is 5.21. The lowest BCUT2D eigenvalue weighted by atomic mass is 9.89. The number of aryl methyl sites for hydroxylation is 1. The monoisotopic (exact) mass is 355 g/mol. The van der Waals surface area contributed by atoms with Gasteiger partial charge in [-0.2, -0.15) is 0 Å². The van der Waals surface area contributed by atoms with Gasteiger partial charge in [0.25, 0.3) is 0 Å². The minimum absolute atomic E-state index is 0.0385. The van der Waals surface area contributed by atoms with E-state index in [1.165, 1.54) is 6.42 Å². The van der Waals surface area contributed by atoms with Crippen molar-refractivity contribution in [3.8, 4) is 0 Å². The van der Waals surface area contributed by atoms with Crippen LogP contribution in [-0.2, 0) is 9.53 Å². The summed E-state index contributed by atoms with van der Waals surface area (Å²) in [6, 6.07) is 0. The largest absolute Gasteiger partial charge is 0.462 e. The molecule has 0 radical (unpaired) electrons. The summed E-state index contributed by atoms with van der Waals surface area (Å²) in [7, 11) is 0. The predicted octanol–water partition coefficient (Wildman–Crippen LogP) is 3.02. The van der Waals surface area contributed by atoms with E-state index in [1.807, 2.05) is 0 Å². The SMILES string of the molecule is CCOC(=O)c1sc(NC(=S)NC(=O)C2CCCCC2)nc1C. The van der Waals surface area contributed by atoms with E-state index >= 15 is 0 Å². The second-order valence-electron chi connectivity index (χ2n) is 5.43. The topological polar surface area (TPSA) is 80.3 Å². The molecule has 1 saturated carbocycles. The molecular weight excluding hydrogens is 334 g/mol. The second-order valence-corrected chi connectivity index (χ2v) is 6.84. The van der Waals surface area contributed by atoms with Crippen molar-refractivity contribution >= 4 is 45.7 Å². The highest BCUT2D eigenvalue weighted by molar-refractivity contribution is 7.80.